The fourth-order valence-electron chi connectivity index (χ4n) is 12.1. The minimum absolute atomic E-state index is 0.0145. The number of cyclic esters (lactones) is 1. The van der Waals surface area contributed by atoms with Crippen molar-refractivity contribution >= 4 is 69.1 Å². The van der Waals surface area contributed by atoms with Crippen LogP contribution in [-0.2, 0) is 52.8 Å². The highest BCUT2D eigenvalue weighted by molar-refractivity contribution is 7.10. The molecule has 4 fully saturated rings. The Balaban J connectivity index is 1.13. The van der Waals surface area contributed by atoms with Crippen molar-refractivity contribution in [3.8, 4) is 22.5 Å². The summed E-state index contributed by atoms with van der Waals surface area (Å²) in [7, 11) is 3.50. The summed E-state index contributed by atoms with van der Waals surface area (Å²) in [5.41, 5.74) is 0.730. The van der Waals surface area contributed by atoms with Gasteiger partial charge in [0.05, 0.1) is 57.6 Å². The highest BCUT2D eigenvalue weighted by Crippen LogP contribution is 2.46. The van der Waals surface area contributed by atoms with Gasteiger partial charge in [-0.05, 0) is 88.6 Å². The van der Waals surface area contributed by atoms with E-state index in [0.717, 1.165) is 29.0 Å². The number of halogens is 6. The van der Waals surface area contributed by atoms with Crippen molar-refractivity contribution in [2.45, 2.75) is 129 Å². The molecule has 4 aromatic rings. The number of aromatic nitrogens is 3. The van der Waals surface area contributed by atoms with Crippen LogP contribution in [-0.4, -0.2) is 167 Å². The van der Waals surface area contributed by atoms with Crippen LogP contribution in [0.1, 0.15) is 95.5 Å². The molecule has 1 aromatic carbocycles. The van der Waals surface area contributed by atoms with E-state index in [1.165, 1.54) is 29.2 Å². The van der Waals surface area contributed by atoms with Gasteiger partial charge in [-0.1, -0.05) is 39.3 Å². The van der Waals surface area contributed by atoms with E-state index in [4.69, 9.17) is 31.0 Å². The highest BCUT2D eigenvalue weighted by Gasteiger charge is 2.50. The molecule has 5 aliphatic rings. The second-order valence-electron chi connectivity index (χ2n) is 23.0. The Morgan fingerprint density at radius 2 is 1.72 bits per heavy atom. The summed E-state index contributed by atoms with van der Waals surface area (Å²) in [6, 6.07) is 1.30. The van der Waals surface area contributed by atoms with E-state index in [-0.39, 0.29) is 104 Å². The molecule has 2 N–H and O–H groups in total. The predicted octanol–water partition coefficient (Wildman–Crippen LogP) is 7.43. The van der Waals surface area contributed by atoms with E-state index in [1.807, 2.05) is 13.1 Å². The molecule has 24 heteroatoms. The van der Waals surface area contributed by atoms with Crippen LogP contribution < -0.4 is 15.6 Å². The van der Waals surface area contributed by atoms with Crippen molar-refractivity contribution in [1.82, 2.24) is 45.0 Å². The number of rotatable bonds is 10. The van der Waals surface area contributed by atoms with Crippen LogP contribution in [0, 0.1) is 22.6 Å². The fraction of sp³-hybridized carbons (Fsp3) is 0.618. The second kappa shape index (κ2) is 23.2. The molecule has 4 amide bonds. The Morgan fingerprint density at radius 3 is 2.39 bits per heavy atom. The van der Waals surface area contributed by atoms with Crippen molar-refractivity contribution in [1.29, 1.82) is 0 Å². The SMILES string of the molecule is CO[C@@H](C)c1ncc(N2CCN(C)CC2)cc1-c1c2c3c(F)c(ccc3n1CC(F)(F)F)-c1csc(n1)C[C@H](NC(=O)[C@H](C(C)C)N1CCCC3(CCN(C(=O)[C@H](F)Cl)CC3)C1=O)C(=O)N1CCC[C@H](N1)C(=O)OCC(C)(C)C2. The second-order valence-corrected chi connectivity index (χ2v) is 24.3. The number of piperidine rings is 2. The Morgan fingerprint density at radius 1 is 1.00 bits per heavy atom. The summed E-state index contributed by atoms with van der Waals surface area (Å²) in [5, 5.41) is 6.06. The number of methoxy groups -OCH3 is 1. The van der Waals surface area contributed by atoms with Crippen LogP contribution >= 0.6 is 22.9 Å². The Labute approximate surface area is 465 Å². The molecule has 3 aromatic heterocycles. The van der Waals surface area contributed by atoms with Crippen LogP contribution in [0.5, 0.6) is 0 Å². The van der Waals surface area contributed by atoms with Crippen molar-refractivity contribution < 1.29 is 55.4 Å². The lowest BCUT2D eigenvalue weighted by Gasteiger charge is -2.48. The van der Waals surface area contributed by atoms with Crippen LogP contribution in [0.25, 0.3) is 33.4 Å². The molecule has 17 nitrogen and oxygen atoms in total. The van der Waals surface area contributed by atoms with Gasteiger partial charge in [-0.15, -0.1) is 11.3 Å². The monoisotopic (exact) mass is 1140 g/mol. The minimum atomic E-state index is -4.76. The number of benzene rings is 1. The van der Waals surface area contributed by atoms with Crippen molar-refractivity contribution in [2.24, 2.45) is 16.7 Å². The first kappa shape index (κ1) is 58.2. The predicted molar refractivity (Wildman–Crippen MR) is 288 cm³/mol. The maximum Gasteiger partial charge on any atom is 0.406 e. The van der Waals surface area contributed by atoms with Gasteiger partial charge >= 0.3 is 12.1 Å². The number of anilines is 1. The first-order valence-corrected chi connectivity index (χ1v) is 28.4. The molecule has 79 heavy (non-hydrogen) atoms. The number of fused-ring (bicyclic) bond motifs is 6. The number of thiazole rings is 1. The average Bonchev–Trinajstić information content (AvgIpc) is 4.14. The molecule has 430 valence electrons. The summed E-state index contributed by atoms with van der Waals surface area (Å²) in [4.78, 5) is 87.6. The summed E-state index contributed by atoms with van der Waals surface area (Å²) >= 11 is 6.57. The van der Waals surface area contributed by atoms with E-state index in [2.05, 4.69) is 20.5 Å². The van der Waals surface area contributed by atoms with E-state index in [0.29, 0.717) is 54.3 Å². The zero-order chi connectivity index (χ0) is 56.9. The molecule has 0 unspecified atom stereocenters. The molecule has 6 bridgehead atoms. The number of hydrogen-bond donors (Lipinski definition) is 2. The number of ether oxygens (including phenoxy) is 2. The number of alkyl halides is 5. The van der Waals surface area contributed by atoms with Gasteiger partial charge in [-0.2, -0.15) is 13.2 Å². The number of likely N-dealkylation sites (tertiary alicyclic amines) is 2. The number of nitrogens with one attached hydrogen (secondary N) is 2. The minimum Gasteiger partial charge on any atom is -0.464 e. The zero-order valence-corrected chi connectivity index (χ0v) is 47.3. The van der Waals surface area contributed by atoms with E-state index < -0.39 is 88.8 Å². The summed E-state index contributed by atoms with van der Waals surface area (Å²) < 4.78 is 90.0. The number of carbonyl (C=O) groups excluding carboxylic acids is 5. The fourth-order valence-corrected chi connectivity index (χ4v) is 13.1. The maximum atomic E-state index is 18.1. The Bertz CT molecular complexity index is 2960. The van der Waals surface area contributed by atoms with Crippen molar-refractivity contribution in [3.05, 3.63) is 51.9 Å². The topological polar surface area (TPSA) is 175 Å². The van der Waals surface area contributed by atoms with Gasteiger partial charge in [-0.3, -0.25) is 34.0 Å². The Kier molecular flexibility index (Phi) is 17.1. The number of likely N-dealkylation sites (N-methyl/N-ethyl adjacent to an activating group) is 1. The number of piperazine rings is 1. The van der Waals surface area contributed by atoms with Crippen molar-refractivity contribution in [3.63, 3.8) is 0 Å². The lowest BCUT2D eigenvalue weighted by Crippen LogP contribution is -2.64. The highest BCUT2D eigenvalue weighted by atomic mass is 35.5. The third kappa shape index (κ3) is 12.1. The number of carbonyl (C=O) groups is 5. The molecule has 0 saturated carbocycles. The van der Waals surface area contributed by atoms with Gasteiger partial charge in [0.1, 0.15) is 30.5 Å². The molecule has 1 spiro atoms. The van der Waals surface area contributed by atoms with Crippen LogP contribution in [0.4, 0.5) is 27.6 Å². The maximum absolute atomic E-state index is 18.1. The summed E-state index contributed by atoms with van der Waals surface area (Å²) in [5.74, 6) is -4.30. The van der Waals surface area contributed by atoms with Crippen LogP contribution in [0.3, 0.4) is 0 Å². The molecule has 8 heterocycles. The zero-order valence-electron chi connectivity index (χ0n) is 45.7. The lowest BCUT2D eigenvalue weighted by molar-refractivity contribution is -0.160. The molecule has 5 aliphatic heterocycles. The quantitative estimate of drug-likeness (QED) is 0.0915. The summed E-state index contributed by atoms with van der Waals surface area (Å²) in [6.07, 6.45) is -1.77. The van der Waals surface area contributed by atoms with Crippen LogP contribution in [0.2, 0.25) is 0 Å². The van der Waals surface area contributed by atoms with E-state index >= 15 is 17.6 Å². The largest absolute Gasteiger partial charge is 0.464 e. The molecule has 9 rings (SSSR count). The molecular formula is C55H70ClF5N10O7S. The van der Waals surface area contributed by atoms with E-state index in [1.54, 1.807) is 51.1 Å². The third-order valence-electron chi connectivity index (χ3n) is 16.4. The molecular weight excluding hydrogens is 1080 g/mol. The number of hydrogen-bond acceptors (Lipinski definition) is 13. The molecule has 0 radical (unpaired) electrons. The standard InChI is InChI=1S/C55H70ClF5N10O7S/c1-31(2)45(69-16-9-13-54(52(69)76)14-18-68(19-15-54)50(74)47(56)58)48(72)64-38-25-41-63-39(28-79-41)34-11-12-40-42(43(34)57)36(26-53(4,5)30-78-51(75)37-10-8-17-71(65-37)49(38)73)46(70(40)29-55(59,60)61)35-24-33(27-62-44(35)32(3)77-7)67-22-20-66(6)21-23-67/h11-12,24,27-28,31-32,37-38,45,47,65H,8-10,13-23,25-26,29-30H2,1-7H3,(H,64,72)/t32-,37-,38-,45-,47-/m0/s1. The number of hydrazine groups is 1. The first-order chi connectivity index (χ1) is 37.4. The van der Waals surface area contributed by atoms with Gasteiger partial charge < -0.3 is 39.0 Å². The van der Waals surface area contributed by atoms with Gasteiger partial charge in [0, 0.05) is 93.2 Å². The number of amides is 4. The van der Waals surface area contributed by atoms with Crippen LogP contribution in [0.15, 0.2) is 29.8 Å². The van der Waals surface area contributed by atoms with Crippen molar-refractivity contribution in [2.75, 3.05) is 78.0 Å². The van der Waals surface area contributed by atoms with Gasteiger partial charge in [-0.25, -0.2) is 19.2 Å². The molecule has 5 atom stereocenters. The average molecular weight is 1150 g/mol. The van der Waals surface area contributed by atoms with Gasteiger partial charge in [0.15, 0.2) is 0 Å². The van der Waals surface area contributed by atoms with E-state index in [9.17, 15) is 28.4 Å². The lowest BCUT2D eigenvalue weighted by atomic mass is 9.71. The number of nitrogens with zero attached hydrogens (tertiary/aromatic N) is 8. The first-order valence-electron chi connectivity index (χ1n) is 27.1. The Hall–Kier alpha value is -5.49. The van der Waals surface area contributed by atoms with Gasteiger partial charge in [0.25, 0.3) is 17.4 Å². The number of pyridine rings is 1. The normalized spacial score (nSPS) is 22.7. The summed E-state index contributed by atoms with van der Waals surface area (Å²) in [6.45, 7) is 10.6. The smallest absolute Gasteiger partial charge is 0.406 e. The number of esters is 1. The molecule has 4 saturated heterocycles. The molecule has 0 aliphatic carbocycles. The third-order valence-corrected chi connectivity index (χ3v) is 17.5. The van der Waals surface area contributed by atoms with Gasteiger partial charge in [0.2, 0.25) is 11.8 Å².